The van der Waals surface area contributed by atoms with Gasteiger partial charge < -0.3 is 14.2 Å². The summed E-state index contributed by atoms with van der Waals surface area (Å²) in [5.41, 5.74) is 2.46. The number of sulfonamides is 1. The molecule has 3 rings (SSSR count). The van der Waals surface area contributed by atoms with Crippen LogP contribution in [0.3, 0.4) is 0 Å². The Kier molecular flexibility index (Phi) is 6.83. The van der Waals surface area contributed by atoms with E-state index in [0.717, 1.165) is 21.7 Å². The van der Waals surface area contributed by atoms with Crippen molar-refractivity contribution in [3.8, 4) is 17.1 Å². The van der Waals surface area contributed by atoms with Crippen molar-refractivity contribution in [2.45, 2.75) is 26.5 Å². The Morgan fingerprint density at radius 3 is 2.31 bits per heavy atom. The first kappa shape index (κ1) is 23.3. The zero-order valence-electron chi connectivity index (χ0n) is 18.6. The van der Waals surface area contributed by atoms with Gasteiger partial charge in [-0.25, -0.2) is 8.42 Å². The van der Waals surface area contributed by atoms with E-state index in [2.05, 4.69) is 10.1 Å². The molecule has 0 spiro atoms. The molecule has 1 aromatic heterocycles. The Morgan fingerprint density at radius 1 is 1.09 bits per heavy atom. The molecule has 1 atom stereocenters. The van der Waals surface area contributed by atoms with E-state index in [1.165, 1.54) is 11.9 Å². The molecule has 0 aliphatic carbocycles. The summed E-state index contributed by atoms with van der Waals surface area (Å²) in [6.45, 7) is 3.78. The third-order valence-electron chi connectivity index (χ3n) is 4.88. The average molecular weight is 459 g/mol. The van der Waals surface area contributed by atoms with Gasteiger partial charge in [-0.1, -0.05) is 35.0 Å². The predicted octanol–water partition coefficient (Wildman–Crippen LogP) is 2.87. The molecule has 0 saturated heterocycles. The number of ether oxygens (including phenoxy) is 1. The van der Waals surface area contributed by atoms with Crippen molar-refractivity contribution in [2.75, 3.05) is 24.7 Å². The number of carbonyl (C=O) groups excluding carboxylic acids is 1. The maximum atomic E-state index is 12.7. The van der Waals surface area contributed by atoms with Gasteiger partial charge in [0.25, 0.3) is 5.91 Å². The molecule has 3 aromatic rings. The van der Waals surface area contributed by atoms with Crippen LogP contribution < -0.4 is 9.04 Å². The predicted molar refractivity (Wildman–Crippen MR) is 121 cm³/mol. The van der Waals surface area contributed by atoms with Crippen molar-refractivity contribution in [3.05, 3.63) is 60.0 Å². The molecule has 2 aromatic carbocycles. The number of amides is 1. The molecule has 170 valence electrons. The minimum Gasteiger partial charge on any atom is -0.481 e. The van der Waals surface area contributed by atoms with Crippen LogP contribution in [-0.2, 0) is 21.4 Å². The van der Waals surface area contributed by atoms with Crippen molar-refractivity contribution in [2.24, 2.45) is 0 Å². The lowest BCUT2D eigenvalue weighted by Gasteiger charge is -2.21. The van der Waals surface area contributed by atoms with Gasteiger partial charge in [-0.3, -0.25) is 9.10 Å². The molecule has 10 heteroatoms. The second-order valence-electron chi connectivity index (χ2n) is 7.56. The third kappa shape index (κ3) is 5.64. The number of likely N-dealkylation sites (N-methyl/N-ethyl adjacent to an activating group) is 1. The molecule has 32 heavy (non-hydrogen) atoms. The number of hydrogen-bond donors (Lipinski definition) is 0. The Morgan fingerprint density at radius 2 is 1.72 bits per heavy atom. The quantitative estimate of drug-likeness (QED) is 0.511. The molecule has 0 aliphatic heterocycles. The molecule has 1 heterocycles. The first-order valence-corrected chi connectivity index (χ1v) is 11.7. The number of rotatable bonds is 8. The van der Waals surface area contributed by atoms with Gasteiger partial charge in [0.2, 0.25) is 21.7 Å². The van der Waals surface area contributed by atoms with E-state index < -0.39 is 16.1 Å². The molecule has 0 aliphatic rings. The molecule has 0 fully saturated rings. The maximum absolute atomic E-state index is 12.7. The van der Waals surface area contributed by atoms with E-state index in [1.807, 2.05) is 31.2 Å². The topological polar surface area (TPSA) is 106 Å². The van der Waals surface area contributed by atoms with Gasteiger partial charge in [0.15, 0.2) is 6.10 Å². The molecule has 0 saturated carbocycles. The Bertz CT molecular complexity index is 1170. The fourth-order valence-electron chi connectivity index (χ4n) is 2.91. The summed E-state index contributed by atoms with van der Waals surface area (Å²) in [6.07, 6.45) is 0.360. The van der Waals surface area contributed by atoms with E-state index in [9.17, 15) is 13.2 Å². The van der Waals surface area contributed by atoms with E-state index in [0.29, 0.717) is 23.2 Å². The molecular formula is C22H26N4O5S. The SMILES string of the molecule is Cc1ccc(-c2noc(CN(C)C(=O)[C@H](C)Oc3ccc(N(C)S(C)(=O)=O)cc3)n2)cc1. The van der Waals surface area contributed by atoms with Crippen LogP contribution in [0.5, 0.6) is 5.75 Å². The molecule has 0 radical (unpaired) electrons. The summed E-state index contributed by atoms with van der Waals surface area (Å²) in [6, 6.07) is 14.2. The molecule has 1 amide bonds. The van der Waals surface area contributed by atoms with E-state index >= 15 is 0 Å². The summed E-state index contributed by atoms with van der Waals surface area (Å²) in [4.78, 5) is 18.5. The highest BCUT2D eigenvalue weighted by molar-refractivity contribution is 7.92. The molecule has 9 nitrogen and oxygen atoms in total. The zero-order valence-corrected chi connectivity index (χ0v) is 19.5. The number of benzene rings is 2. The molecule has 0 N–H and O–H groups in total. The number of carbonyl (C=O) groups is 1. The fourth-order valence-corrected chi connectivity index (χ4v) is 3.42. The number of nitrogens with zero attached hydrogens (tertiary/aromatic N) is 4. The average Bonchev–Trinajstić information content (AvgIpc) is 3.21. The monoisotopic (exact) mass is 458 g/mol. The Labute approximate surface area is 187 Å². The number of aryl methyl sites for hydroxylation is 1. The van der Waals surface area contributed by atoms with Crippen LogP contribution in [0.15, 0.2) is 53.1 Å². The maximum Gasteiger partial charge on any atom is 0.263 e. The minimum atomic E-state index is -3.35. The van der Waals surface area contributed by atoms with Crippen LogP contribution in [0, 0.1) is 6.92 Å². The summed E-state index contributed by atoms with van der Waals surface area (Å²) in [7, 11) is -0.259. The van der Waals surface area contributed by atoms with Crippen LogP contribution >= 0.6 is 0 Å². The van der Waals surface area contributed by atoms with Crippen molar-refractivity contribution < 1.29 is 22.5 Å². The van der Waals surface area contributed by atoms with Gasteiger partial charge in [-0.2, -0.15) is 4.98 Å². The van der Waals surface area contributed by atoms with E-state index in [-0.39, 0.29) is 12.5 Å². The number of anilines is 1. The van der Waals surface area contributed by atoms with E-state index in [4.69, 9.17) is 9.26 Å². The molecule has 0 unspecified atom stereocenters. The van der Waals surface area contributed by atoms with Crippen molar-refractivity contribution >= 4 is 21.6 Å². The standard InChI is InChI=1S/C22H26N4O5S/c1-15-6-8-17(9-7-15)21-23-20(31-24-21)14-25(3)22(27)16(2)30-19-12-10-18(11-13-19)26(4)32(5,28)29/h6-13,16H,14H2,1-5H3/t16-/m0/s1. The lowest BCUT2D eigenvalue weighted by atomic mass is 10.1. The van der Waals surface area contributed by atoms with Gasteiger partial charge in [-0.05, 0) is 38.1 Å². The summed E-state index contributed by atoms with van der Waals surface area (Å²) in [5.74, 6) is 0.961. The third-order valence-corrected chi connectivity index (χ3v) is 6.09. The van der Waals surface area contributed by atoms with Gasteiger partial charge in [0.1, 0.15) is 5.75 Å². The second-order valence-corrected chi connectivity index (χ2v) is 9.57. The van der Waals surface area contributed by atoms with Gasteiger partial charge >= 0.3 is 0 Å². The summed E-state index contributed by atoms with van der Waals surface area (Å²) in [5, 5.41) is 3.98. The normalized spacial score (nSPS) is 12.3. The highest BCUT2D eigenvalue weighted by atomic mass is 32.2. The fraction of sp³-hybridized carbons (Fsp3) is 0.318. The zero-order chi connectivity index (χ0) is 23.5. The van der Waals surface area contributed by atoms with Crippen LogP contribution in [0.2, 0.25) is 0 Å². The van der Waals surface area contributed by atoms with Gasteiger partial charge in [0.05, 0.1) is 18.5 Å². The number of hydrogen-bond acceptors (Lipinski definition) is 7. The largest absolute Gasteiger partial charge is 0.481 e. The lowest BCUT2D eigenvalue weighted by Crippen LogP contribution is -2.37. The molecule has 0 bridgehead atoms. The summed E-state index contributed by atoms with van der Waals surface area (Å²) < 4.78 is 35.4. The van der Waals surface area contributed by atoms with E-state index in [1.54, 1.807) is 38.2 Å². The first-order valence-electron chi connectivity index (χ1n) is 9.90. The lowest BCUT2D eigenvalue weighted by molar-refractivity contribution is -0.137. The Balaban J connectivity index is 1.59. The van der Waals surface area contributed by atoms with Gasteiger partial charge in [0, 0.05) is 19.7 Å². The highest BCUT2D eigenvalue weighted by Gasteiger charge is 2.22. The van der Waals surface area contributed by atoms with Crippen molar-refractivity contribution in [1.29, 1.82) is 0 Å². The van der Waals surface area contributed by atoms with Crippen LogP contribution in [-0.4, -0.2) is 55.8 Å². The minimum absolute atomic E-state index is 0.142. The van der Waals surface area contributed by atoms with Crippen LogP contribution in [0.1, 0.15) is 18.4 Å². The van der Waals surface area contributed by atoms with Gasteiger partial charge in [-0.15, -0.1) is 0 Å². The smallest absolute Gasteiger partial charge is 0.263 e. The second kappa shape index (κ2) is 9.39. The van der Waals surface area contributed by atoms with Crippen molar-refractivity contribution in [1.82, 2.24) is 15.0 Å². The van der Waals surface area contributed by atoms with Crippen LogP contribution in [0.25, 0.3) is 11.4 Å². The van der Waals surface area contributed by atoms with Crippen molar-refractivity contribution in [3.63, 3.8) is 0 Å². The Hall–Kier alpha value is -3.40. The number of aromatic nitrogens is 2. The summed E-state index contributed by atoms with van der Waals surface area (Å²) >= 11 is 0. The highest BCUT2D eigenvalue weighted by Crippen LogP contribution is 2.22. The van der Waals surface area contributed by atoms with Crippen LogP contribution in [0.4, 0.5) is 5.69 Å². The first-order chi connectivity index (χ1) is 15.0. The molecular weight excluding hydrogens is 432 g/mol.